The standard InChI is InChI=1S/C72H48N4/c1-5-31-65-61(27-1)62-28-2-6-32-66(62)70-69(65)73-57-23-11-19-53(45-57)39-35-49-15-9-17-51(43-49)37-41-55-21-13-25-59(47-55)75-71-67-33-7-3-29-63(67)64-30-4-8-34-68(64)72(71)76-60-26-14-22-56(48-60)42-38-52-18-10-16-50(44-52)36-40-54-20-12-24-58(46-54)74-70/h1-34,43-48,69-76H/t69-,70-,71+,72+. The van der Waals surface area contributed by atoms with Crippen molar-refractivity contribution in [2.24, 2.45) is 0 Å². The van der Waals surface area contributed by atoms with E-state index in [1.165, 1.54) is 44.5 Å². The van der Waals surface area contributed by atoms with Gasteiger partial charge in [-0.2, -0.15) is 0 Å². The van der Waals surface area contributed by atoms with Gasteiger partial charge in [0.1, 0.15) is 0 Å². The van der Waals surface area contributed by atoms with E-state index < -0.39 is 0 Å². The van der Waals surface area contributed by atoms with E-state index in [4.69, 9.17) is 0 Å². The van der Waals surface area contributed by atoms with Crippen molar-refractivity contribution in [1.29, 1.82) is 0 Å². The molecule has 0 unspecified atom stereocenters. The van der Waals surface area contributed by atoms with Crippen molar-refractivity contribution in [3.8, 4) is 69.6 Å². The van der Waals surface area contributed by atoms with Gasteiger partial charge < -0.3 is 21.3 Å². The van der Waals surface area contributed by atoms with Gasteiger partial charge in [-0.05, 0) is 154 Å². The van der Waals surface area contributed by atoms with E-state index in [1.54, 1.807) is 0 Å². The first kappa shape index (κ1) is 45.5. The van der Waals surface area contributed by atoms with Crippen molar-refractivity contribution in [2.45, 2.75) is 24.2 Å². The van der Waals surface area contributed by atoms with Crippen LogP contribution in [0, 0.1) is 47.4 Å². The quantitative estimate of drug-likeness (QED) is 0.114. The molecule has 10 aromatic carbocycles. The summed E-state index contributed by atoms with van der Waals surface area (Å²) in [4.78, 5) is 0. The Morgan fingerprint density at radius 1 is 0.197 bits per heavy atom. The molecule has 0 radical (unpaired) electrons. The molecular formula is C72H48N4. The van der Waals surface area contributed by atoms with Crippen LogP contribution in [0.4, 0.5) is 22.7 Å². The second kappa shape index (κ2) is 20.3. The molecule has 0 amide bonds. The molecule has 0 saturated heterocycles. The predicted octanol–water partition coefficient (Wildman–Crippen LogP) is 15.6. The maximum absolute atomic E-state index is 3.96. The molecule has 4 N–H and O–H groups in total. The summed E-state index contributed by atoms with van der Waals surface area (Å²) >= 11 is 0. The molecule has 0 saturated carbocycles. The highest BCUT2D eigenvalue weighted by Gasteiger charge is 2.35. The lowest BCUT2D eigenvalue weighted by atomic mass is 9.79. The number of nitrogens with one attached hydrogen (secondary N) is 4. The van der Waals surface area contributed by atoms with E-state index in [2.05, 4.69) is 275 Å². The number of benzene rings is 10. The Kier molecular flexibility index (Phi) is 12.1. The molecule has 2 aliphatic carbocycles. The Morgan fingerprint density at radius 2 is 0.395 bits per heavy atom. The summed E-state index contributed by atoms with van der Waals surface area (Å²) in [6.07, 6.45) is 0. The largest absolute Gasteiger partial charge is 0.376 e. The molecule has 13 rings (SSSR count). The van der Waals surface area contributed by atoms with Crippen LogP contribution in [0.3, 0.4) is 0 Å². The van der Waals surface area contributed by atoms with Gasteiger partial charge in [-0.15, -0.1) is 0 Å². The molecule has 1 aliphatic heterocycles. The van der Waals surface area contributed by atoms with Gasteiger partial charge in [0.2, 0.25) is 0 Å². The van der Waals surface area contributed by atoms with Gasteiger partial charge in [0, 0.05) is 67.3 Å². The molecule has 1 heterocycles. The minimum atomic E-state index is -0.111. The minimum Gasteiger partial charge on any atom is -0.376 e. The molecule has 0 aromatic heterocycles. The van der Waals surface area contributed by atoms with Crippen LogP contribution in [-0.4, -0.2) is 0 Å². The third kappa shape index (κ3) is 9.56. The van der Waals surface area contributed by atoms with Crippen LogP contribution in [0.25, 0.3) is 22.3 Å². The maximum Gasteiger partial charge on any atom is 0.0763 e. The fourth-order valence-electron chi connectivity index (χ4n) is 10.8. The third-order valence-corrected chi connectivity index (χ3v) is 14.3. The topological polar surface area (TPSA) is 48.1 Å². The summed E-state index contributed by atoms with van der Waals surface area (Å²) < 4.78 is 0. The Labute approximate surface area is 445 Å². The Morgan fingerprint density at radius 3 is 0.632 bits per heavy atom. The van der Waals surface area contributed by atoms with Crippen LogP contribution in [0.1, 0.15) is 90.9 Å². The van der Waals surface area contributed by atoms with Crippen molar-refractivity contribution in [2.75, 3.05) is 21.3 Å². The maximum atomic E-state index is 3.96. The van der Waals surface area contributed by atoms with E-state index in [0.29, 0.717) is 0 Å². The lowest BCUT2D eigenvalue weighted by molar-refractivity contribution is 0.642. The van der Waals surface area contributed by atoms with Crippen molar-refractivity contribution < 1.29 is 0 Å². The summed E-state index contributed by atoms with van der Waals surface area (Å²) in [5.41, 5.74) is 20.9. The Hall–Kier alpha value is -10.4. The van der Waals surface area contributed by atoms with Gasteiger partial charge in [-0.1, -0.05) is 181 Å². The van der Waals surface area contributed by atoms with Crippen molar-refractivity contribution >= 4 is 22.7 Å². The van der Waals surface area contributed by atoms with Crippen molar-refractivity contribution in [1.82, 2.24) is 0 Å². The van der Waals surface area contributed by atoms with Gasteiger partial charge in [-0.3, -0.25) is 0 Å². The number of fused-ring (bicyclic) bond motifs is 24. The van der Waals surface area contributed by atoms with Gasteiger partial charge in [0.15, 0.2) is 0 Å². The molecule has 10 aromatic rings. The highest BCUT2D eigenvalue weighted by atomic mass is 15.0. The average molecular weight is 969 g/mol. The third-order valence-electron chi connectivity index (χ3n) is 14.3. The van der Waals surface area contributed by atoms with Gasteiger partial charge in [0.25, 0.3) is 0 Å². The lowest BCUT2D eigenvalue weighted by Crippen LogP contribution is -2.29. The molecule has 4 heteroatoms. The van der Waals surface area contributed by atoms with Crippen LogP contribution in [-0.2, 0) is 0 Å². The molecule has 76 heavy (non-hydrogen) atoms. The summed E-state index contributed by atoms with van der Waals surface area (Å²) in [5, 5.41) is 15.8. The summed E-state index contributed by atoms with van der Waals surface area (Å²) in [7, 11) is 0. The number of hydrogen-bond donors (Lipinski definition) is 4. The van der Waals surface area contributed by atoms with Gasteiger partial charge >= 0.3 is 0 Å². The molecular weight excluding hydrogens is 921 g/mol. The van der Waals surface area contributed by atoms with E-state index in [1.807, 2.05) is 36.4 Å². The SMILES string of the molecule is C1#Cc2cccc(c2)N[C@@H]2c3ccccc3-c3ccccc3[C@H]2Nc2cccc(c2)C#Cc2cccc(c2)C#Cc2cccc(c2)N[C@H]2c3ccccc3-c3ccccc3[C@@H]2Nc2cccc(c2)C#Cc2cccc1c2. The smallest absolute Gasteiger partial charge is 0.0763 e. The normalized spacial score (nSPS) is 16.3. The van der Waals surface area contributed by atoms with E-state index in [0.717, 1.165) is 67.3 Å². The average Bonchev–Trinajstić information content (AvgIpc) is 3.47. The van der Waals surface area contributed by atoms with E-state index in [9.17, 15) is 0 Å². The van der Waals surface area contributed by atoms with Crippen molar-refractivity contribution in [3.63, 3.8) is 0 Å². The molecule has 0 spiro atoms. The molecule has 4 nitrogen and oxygen atoms in total. The summed E-state index contributed by atoms with van der Waals surface area (Å²) in [6.45, 7) is 0. The zero-order valence-corrected chi connectivity index (χ0v) is 41.4. The first-order valence-electron chi connectivity index (χ1n) is 25.7. The first-order chi connectivity index (χ1) is 37.6. The fraction of sp³-hybridized carbons (Fsp3) is 0.0556. The molecule has 4 atom stereocenters. The van der Waals surface area contributed by atoms with Crippen molar-refractivity contribution in [3.05, 3.63) is 309 Å². The fourth-order valence-corrected chi connectivity index (χ4v) is 10.8. The van der Waals surface area contributed by atoms with E-state index >= 15 is 0 Å². The van der Waals surface area contributed by atoms with Crippen LogP contribution < -0.4 is 21.3 Å². The second-order valence-electron chi connectivity index (χ2n) is 19.3. The van der Waals surface area contributed by atoms with E-state index in [-0.39, 0.29) is 24.2 Å². The second-order valence-corrected chi connectivity index (χ2v) is 19.3. The van der Waals surface area contributed by atoms with Crippen LogP contribution in [0.15, 0.2) is 243 Å². The first-order valence-corrected chi connectivity index (χ1v) is 25.7. The minimum absolute atomic E-state index is 0.111. The summed E-state index contributed by atoms with van der Waals surface area (Å²) in [5.74, 6) is 27.6. The van der Waals surface area contributed by atoms with Crippen LogP contribution in [0.5, 0.6) is 0 Å². The number of hydrogen-bond acceptors (Lipinski definition) is 4. The lowest BCUT2D eigenvalue weighted by Gasteiger charge is -2.37. The summed E-state index contributed by atoms with van der Waals surface area (Å²) in [6, 6.07) is 84.3. The number of rotatable bonds is 0. The number of anilines is 4. The monoisotopic (exact) mass is 968 g/mol. The highest BCUT2D eigenvalue weighted by molar-refractivity contribution is 5.79. The molecule has 0 fully saturated rings. The van der Waals surface area contributed by atoms with Gasteiger partial charge in [0.05, 0.1) is 24.2 Å². The molecule has 356 valence electrons. The Balaban J connectivity index is 0.890. The van der Waals surface area contributed by atoms with Gasteiger partial charge in [-0.25, -0.2) is 0 Å². The zero-order chi connectivity index (χ0) is 50.6. The zero-order valence-electron chi connectivity index (χ0n) is 41.4. The van der Waals surface area contributed by atoms with Crippen LogP contribution >= 0.6 is 0 Å². The molecule has 12 bridgehead atoms. The molecule has 3 aliphatic rings. The van der Waals surface area contributed by atoms with Crippen LogP contribution in [0.2, 0.25) is 0 Å². The predicted molar refractivity (Wildman–Crippen MR) is 312 cm³/mol. The highest BCUT2D eigenvalue weighted by Crippen LogP contribution is 2.49. The Bertz CT molecular complexity index is 3630.